The van der Waals surface area contributed by atoms with Crippen LogP contribution in [0.25, 0.3) is 50.1 Å². The molecule has 0 spiro atoms. The standard InChI is InChI=1S/C50H36N2O/c51-33-34-14-16-37(17-15-34)40-18-22-41(23-19-40)44-12-7-13-45(30-44)50-52-49-47(43-28-26-39(27-29-43)36-10-5-2-6-11-36)31-46(32-48(49)53-50)42-24-20-38(21-25-42)35-8-3-1-4-9-35/h1-24,26-32,42,50,52H,25H2. The van der Waals surface area contributed by atoms with Crippen molar-refractivity contribution in [3.63, 3.8) is 0 Å². The molecule has 2 aliphatic rings. The third-order valence-electron chi connectivity index (χ3n) is 10.3. The van der Waals surface area contributed by atoms with Crippen molar-refractivity contribution in [2.45, 2.75) is 18.6 Å². The number of allylic oxidation sites excluding steroid dienone is 4. The van der Waals surface area contributed by atoms with E-state index in [0.717, 1.165) is 56.8 Å². The molecule has 1 aliphatic heterocycles. The molecule has 53 heavy (non-hydrogen) atoms. The topological polar surface area (TPSA) is 45.0 Å². The van der Waals surface area contributed by atoms with Crippen LogP contribution in [-0.2, 0) is 0 Å². The van der Waals surface area contributed by atoms with Crippen LogP contribution < -0.4 is 10.1 Å². The van der Waals surface area contributed by atoms with Crippen LogP contribution in [0.1, 0.15) is 40.8 Å². The fraction of sp³-hybridized carbons (Fsp3) is 0.0600. The Kier molecular flexibility index (Phi) is 8.48. The first kappa shape index (κ1) is 32.0. The van der Waals surface area contributed by atoms with Crippen LogP contribution in [0.3, 0.4) is 0 Å². The minimum Gasteiger partial charge on any atom is -0.464 e. The van der Waals surface area contributed by atoms with Crippen molar-refractivity contribution in [2.75, 3.05) is 5.32 Å². The summed E-state index contributed by atoms with van der Waals surface area (Å²) in [6.07, 6.45) is 7.55. The molecular weight excluding hydrogens is 645 g/mol. The molecule has 7 aromatic rings. The average Bonchev–Trinajstić information content (AvgIpc) is 3.69. The van der Waals surface area contributed by atoms with Crippen molar-refractivity contribution in [2.24, 2.45) is 0 Å². The Morgan fingerprint density at radius 1 is 0.528 bits per heavy atom. The number of anilines is 1. The zero-order valence-corrected chi connectivity index (χ0v) is 29.1. The van der Waals surface area contributed by atoms with E-state index in [-0.39, 0.29) is 12.1 Å². The first-order valence-corrected chi connectivity index (χ1v) is 18.1. The summed E-state index contributed by atoms with van der Waals surface area (Å²) in [6, 6.07) is 61.6. The molecule has 7 aromatic carbocycles. The molecular formula is C50H36N2O. The Morgan fingerprint density at radius 3 is 1.72 bits per heavy atom. The van der Waals surface area contributed by atoms with E-state index < -0.39 is 0 Å². The zero-order valence-electron chi connectivity index (χ0n) is 29.1. The van der Waals surface area contributed by atoms with Crippen molar-refractivity contribution in [1.82, 2.24) is 0 Å². The van der Waals surface area contributed by atoms with E-state index in [1.807, 2.05) is 24.3 Å². The van der Waals surface area contributed by atoms with Gasteiger partial charge in [0.05, 0.1) is 17.3 Å². The molecule has 0 amide bonds. The number of fused-ring (bicyclic) bond motifs is 1. The molecule has 0 bridgehead atoms. The number of benzene rings is 7. The molecule has 0 radical (unpaired) electrons. The highest BCUT2D eigenvalue weighted by Gasteiger charge is 2.29. The SMILES string of the molecule is N#Cc1ccc(-c2ccc(-c3cccc(C4Nc5c(cc(C6C=CC(c7ccccc7)=CC6)cc5-c5ccc(-c6ccccc6)cc5)O4)c3)cc2)cc1. The number of nitriles is 1. The van der Waals surface area contributed by atoms with Crippen LogP contribution in [0, 0.1) is 11.3 Å². The Bertz CT molecular complexity index is 2510. The highest BCUT2D eigenvalue weighted by Crippen LogP contribution is 2.48. The van der Waals surface area contributed by atoms with Gasteiger partial charge in [-0.3, -0.25) is 0 Å². The molecule has 9 rings (SSSR count). The van der Waals surface area contributed by atoms with Crippen molar-refractivity contribution in [1.29, 1.82) is 5.26 Å². The number of ether oxygens (including phenoxy) is 1. The van der Waals surface area contributed by atoms with Crippen LogP contribution >= 0.6 is 0 Å². The lowest BCUT2D eigenvalue weighted by Gasteiger charge is -2.19. The fourth-order valence-corrected chi connectivity index (χ4v) is 7.42. The maximum absolute atomic E-state index is 9.16. The zero-order chi connectivity index (χ0) is 35.6. The van der Waals surface area contributed by atoms with E-state index in [4.69, 9.17) is 10.00 Å². The fourth-order valence-electron chi connectivity index (χ4n) is 7.42. The molecule has 2 atom stereocenters. The first-order chi connectivity index (χ1) is 26.2. The summed E-state index contributed by atoms with van der Waals surface area (Å²) in [4.78, 5) is 0. The van der Waals surface area contributed by atoms with Gasteiger partial charge in [-0.2, -0.15) is 5.26 Å². The number of nitrogens with zero attached hydrogens (tertiary/aromatic N) is 1. The van der Waals surface area contributed by atoms with E-state index in [0.29, 0.717) is 5.56 Å². The summed E-state index contributed by atoms with van der Waals surface area (Å²) >= 11 is 0. The summed E-state index contributed by atoms with van der Waals surface area (Å²) in [6.45, 7) is 0. The Balaban J connectivity index is 1.02. The van der Waals surface area contributed by atoms with E-state index in [1.54, 1.807) is 0 Å². The Morgan fingerprint density at radius 2 is 1.09 bits per heavy atom. The monoisotopic (exact) mass is 680 g/mol. The molecule has 0 saturated carbocycles. The van der Waals surface area contributed by atoms with Crippen LogP contribution in [0.5, 0.6) is 5.75 Å². The lowest BCUT2D eigenvalue weighted by molar-refractivity contribution is 0.259. The third-order valence-corrected chi connectivity index (χ3v) is 10.3. The summed E-state index contributed by atoms with van der Waals surface area (Å²) < 4.78 is 6.78. The molecule has 0 fully saturated rings. The van der Waals surface area contributed by atoms with Crippen molar-refractivity contribution < 1.29 is 4.74 Å². The second-order valence-corrected chi connectivity index (χ2v) is 13.6. The van der Waals surface area contributed by atoms with E-state index in [2.05, 4.69) is 175 Å². The van der Waals surface area contributed by atoms with Gasteiger partial charge >= 0.3 is 0 Å². The van der Waals surface area contributed by atoms with Gasteiger partial charge in [0, 0.05) is 17.0 Å². The van der Waals surface area contributed by atoms with Crippen LogP contribution in [0.4, 0.5) is 5.69 Å². The molecule has 1 aliphatic carbocycles. The summed E-state index contributed by atoms with van der Waals surface area (Å²) in [5, 5.41) is 12.9. The van der Waals surface area contributed by atoms with E-state index >= 15 is 0 Å². The van der Waals surface area contributed by atoms with Crippen molar-refractivity contribution >= 4 is 11.3 Å². The predicted octanol–water partition coefficient (Wildman–Crippen LogP) is 12.9. The second-order valence-electron chi connectivity index (χ2n) is 13.6. The van der Waals surface area contributed by atoms with Gasteiger partial charge in [0.15, 0.2) is 6.23 Å². The maximum Gasteiger partial charge on any atom is 0.196 e. The molecule has 1 N–H and O–H groups in total. The maximum atomic E-state index is 9.16. The molecule has 252 valence electrons. The summed E-state index contributed by atoms with van der Waals surface area (Å²) in [5.41, 5.74) is 15.6. The lowest BCUT2D eigenvalue weighted by atomic mass is 9.86. The quantitative estimate of drug-likeness (QED) is 0.182. The number of hydrogen-bond acceptors (Lipinski definition) is 3. The third kappa shape index (κ3) is 6.55. The van der Waals surface area contributed by atoms with Gasteiger partial charge in [-0.1, -0.05) is 158 Å². The predicted molar refractivity (Wildman–Crippen MR) is 217 cm³/mol. The molecule has 2 unspecified atom stereocenters. The number of nitrogens with one attached hydrogen (secondary N) is 1. The second kappa shape index (κ2) is 14.0. The Hall–Kier alpha value is -6.89. The highest BCUT2D eigenvalue weighted by atomic mass is 16.5. The number of hydrogen-bond donors (Lipinski definition) is 1. The lowest BCUT2D eigenvalue weighted by Crippen LogP contribution is -2.10. The first-order valence-electron chi connectivity index (χ1n) is 18.1. The van der Waals surface area contributed by atoms with Gasteiger partial charge < -0.3 is 10.1 Å². The van der Waals surface area contributed by atoms with Gasteiger partial charge in [-0.15, -0.1) is 0 Å². The minimum atomic E-state index is -0.327. The largest absolute Gasteiger partial charge is 0.464 e. The molecule has 0 saturated heterocycles. The van der Waals surface area contributed by atoms with Crippen LogP contribution in [0.2, 0.25) is 0 Å². The Labute approximate surface area is 310 Å². The van der Waals surface area contributed by atoms with Gasteiger partial charge in [0.2, 0.25) is 0 Å². The van der Waals surface area contributed by atoms with E-state index in [1.165, 1.54) is 27.8 Å². The van der Waals surface area contributed by atoms with Crippen molar-refractivity contribution in [3.8, 4) is 56.3 Å². The molecule has 3 nitrogen and oxygen atoms in total. The molecule has 0 aromatic heterocycles. The summed E-state index contributed by atoms with van der Waals surface area (Å²) in [5.74, 6) is 1.12. The van der Waals surface area contributed by atoms with Crippen molar-refractivity contribution in [3.05, 3.63) is 210 Å². The smallest absolute Gasteiger partial charge is 0.196 e. The van der Waals surface area contributed by atoms with Gasteiger partial charge in [0.1, 0.15) is 5.75 Å². The van der Waals surface area contributed by atoms with Gasteiger partial charge in [-0.05, 0) is 92.4 Å². The van der Waals surface area contributed by atoms with Gasteiger partial charge in [-0.25, -0.2) is 0 Å². The van der Waals surface area contributed by atoms with Crippen LogP contribution in [-0.4, -0.2) is 0 Å². The minimum absolute atomic E-state index is 0.244. The highest BCUT2D eigenvalue weighted by molar-refractivity contribution is 5.86. The van der Waals surface area contributed by atoms with Gasteiger partial charge in [0.25, 0.3) is 0 Å². The van der Waals surface area contributed by atoms with Crippen LogP contribution in [0.15, 0.2) is 188 Å². The van der Waals surface area contributed by atoms with E-state index in [9.17, 15) is 0 Å². The molecule has 3 heteroatoms. The normalized spacial score (nSPS) is 15.8. The summed E-state index contributed by atoms with van der Waals surface area (Å²) in [7, 11) is 0. The molecule has 1 heterocycles. The average molecular weight is 681 g/mol. The number of rotatable bonds is 7.